The lowest BCUT2D eigenvalue weighted by Crippen LogP contribution is -2.07. The van der Waals surface area contributed by atoms with Crippen LogP contribution in [0.3, 0.4) is 0 Å². The van der Waals surface area contributed by atoms with Gasteiger partial charge in [-0.15, -0.1) is 10.2 Å². The molecular formula is C11H9ClF3N3O. The van der Waals surface area contributed by atoms with Crippen LogP contribution in [0.5, 0.6) is 0 Å². The van der Waals surface area contributed by atoms with E-state index < -0.39 is 11.7 Å². The summed E-state index contributed by atoms with van der Waals surface area (Å²) in [6.45, 7) is 1.75. The van der Waals surface area contributed by atoms with Gasteiger partial charge in [-0.2, -0.15) is 13.2 Å². The van der Waals surface area contributed by atoms with Crippen molar-refractivity contribution < 1.29 is 17.6 Å². The number of aryl methyl sites for hydroxylation is 1. The fourth-order valence-electron chi connectivity index (χ4n) is 1.44. The predicted octanol–water partition coefficient (Wildman–Crippen LogP) is 3.66. The molecule has 0 saturated heterocycles. The highest BCUT2D eigenvalue weighted by molar-refractivity contribution is 6.30. The molecule has 0 radical (unpaired) electrons. The monoisotopic (exact) mass is 291 g/mol. The van der Waals surface area contributed by atoms with Crippen molar-refractivity contribution in [1.82, 2.24) is 10.2 Å². The summed E-state index contributed by atoms with van der Waals surface area (Å²) in [4.78, 5) is 0. The maximum absolute atomic E-state index is 12.6. The molecule has 0 bridgehead atoms. The molecule has 1 aromatic heterocycles. The third kappa shape index (κ3) is 3.60. The molecule has 1 N–H and O–H groups in total. The van der Waals surface area contributed by atoms with E-state index in [1.807, 2.05) is 0 Å². The largest absolute Gasteiger partial charge is 0.424 e. The second-order valence-electron chi connectivity index (χ2n) is 3.79. The Morgan fingerprint density at radius 1 is 1.26 bits per heavy atom. The molecule has 0 unspecified atom stereocenters. The van der Waals surface area contributed by atoms with Crippen LogP contribution in [-0.4, -0.2) is 10.2 Å². The van der Waals surface area contributed by atoms with Crippen molar-refractivity contribution in [2.45, 2.75) is 19.6 Å². The van der Waals surface area contributed by atoms with Gasteiger partial charge in [-0.1, -0.05) is 11.6 Å². The number of hydrogen-bond acceptors (Lipinski definition) is 4. The zero-order valence-corrected chi connectivity index (χ0v) is 10.5. The summed E-state index contributed by atoms with van der Waals surface area (Å²) in [6, 6.07) is 3.22. The maximum Gasteiger partial charge on any atom is 0.416 e. The molecule has 0 aliphatic rings. The number of alkyl halides is 3. The van der Waals surface area contributed by atoms with E-state index in [1.54, 1.807) is 6.92 Å². The van der Waals surface area contributed by atoms with Gasteiger partial charge in [-0.3, -0.25) is 0 Å². The van der Waals surface area contributed by atoms with E-state index in [9.17, 15) is 13.2 Å². The fourth-order valence-corrected chi connectivity index (χ4v) is 1.68. The van der Waals surface area contributed by atoms with Crippen LogP contribution in [-0.2, 0) is 12.7 Å². The first kappa shape index (κ1) is 13.7. The van der Waals surface area contributed by atoms with Crippen LogP contribution in [0.1, 0.15) is 17.3 Å². The van der Waals surface area contributed by atoms with Crippen molar-refractivity contribution >= 4 is 17.3 Å². The average Bonchev–Trinajstić information content (AvgIpc) is 2.71. The number of nitrogens with zero attached hydrogens (tertiary/aromatic N) is 2. The number of anilines is 1. The summed E-state index contributed by atoms with van der Waals surface area (Å²) in [5, 5.41) is 10.1. The third-order valence-electron chi connectivity index (χ3n) is 2.24. The molecule has 2 rings (SSSR count). The smallest absolute Gasteiger partial charge is 0.416 e. The second kappa shape index (κ2) is 5.08. The molecule has 1 aromatic carbocycles. The molecule has 1 heterocycles. The lowest BCUT2D eigenvalue weighted by atomic mass is 10.2. The van der Waals surface area contributed by atoms with Gasteiger partial charge in [-0.05, 0) is 18.2 Å². The molecule has 102 valence electrons. The van der Waals surface area contributed by atoms with Crippen molar-refractivity contribution in [2.75, 3.05) is 5.32 Å². The molecule has 0 aliphatic carbocycles. The Morgan fingerprint density at radius 3 is 2.58 bits per heavy atom. The summed E-state index contributed by atoms with van der Waals surface area (Å²) in [6.07, 6.45) is -4.44. The van der Waals surface area contributed by atoms with E-state index in [4.69, 9.17) is 16.0 Å². The molecular weight excluding hydrogens is 283 g/mol. The highest BCUT2D eigenvalue weighted by Gasteiger charge is 2.31. The molecule has 0 spiro atoms. The van der Waals surface area contributed by atoms with Crippen molar-refractivity contribution in [1.29, 1.82) is 0 Å². The summed E-state index contributed by atoms with van der Waals surface area (Å²) in [5.74, 6) is 0.671. The van der Waals surface area contributed by atoms with Crippen LogP contribution >= 0.6 is 11.6 Å². The number of rotatable bonds is 3. The molecule has 2 aromatic rings. The minimum Gasteiger partial charge on any atom is -0.424 e. The number of aromatic nitrogens is 2. The standard InChI is InChI=1S/C11H9ClF3N3O/c1-6-17-18-10(19-6)5-16-9-3-7(11(13,14)15)2-8(12)4-9/h2-4,16H,5H2,1H3. The highest BCUT2D eigenvalue weighted by Crippen LogP contribution is 2.33. The van der Waals surface area contributed by atoms with Gasteiger partial charge in [0.15, 0.2) is 0 Å². The Kier molecular flexibility index (Phi) is 3.66. The first-order valence-electron chi connectivity index (χ1n) is 5.25. The van der Waals surface area contributed by atoms with Crippen LogP contribution < -0.4 is 5.32 Å². The van der Waals surface area contributed by atoms with Crippen molar-refractivity contribution in [3.8, 4) is 0 Å². The minimum atomic E-state index is -4.44. The number of hydrogen-bond donors (Lipinski definition) is 1. The molecule has 0 saturated carbocycles. The normalized spacial score (nSPS) is 11.6. The zero-order chi connectivity index (χ0) is 14.0. The number of nitrogens with one attached hydrogen (secondary N) is 1. The highest BCUT2D eigenvalue weighted by atomic mass is 35.5. The lowest BCUT2D eigenvalue weighted by molar-refractivity contribution is -0.137. The van der Waals surface area contributed by atoms with Gasteiger partial charge >= 0.3 is 6.18 Å². The lowest BCUT2D eigenvalue weighted by Gasteiger charge is -2.10. The van der Waals surface area contributed by atoms with Gasteiger partial charge in [0, 0.05) is 17.6 Å². The molecule has 0 aliphatic heterocycles. The Bertz CT molecular complexity index is 583. The van der Waals surface area contributed by atoms with Gasteiger partial charge in [0.2, 0.25) is 11.8 Å². The molecule has 19 heavy (non-hydrogen) atoms. The topological polar surface area (TPSA) is 51.0 Å². The van der Waals surface area contributed by atoms with Crippen LogP contribution in [0, 0.1) is 6.92 Å². The molecule has 4 nitrogen and oxygen atoms in total. The van der Waals surface area contributed by atoms with E-state index >= 15 is 0 Å². The molecule has 0 fully saturated rings. The van der Waals surface area contributed by atoms with E-state index in [0.717, 1.165) is 12.1 Å². The van der Waals surface area contributed by atoms with Gasteiger partial charge in [0.05, 0.1) is 12.1 Å². The first-order chi connectivity index (χ1) is 8.84. The Balaban J connectivity index is 2.14. The van der Waals surface area contributed by atoms with Crippen LogP contribution in [0.25, 0.3) is 0 Å². The van der Waals surface area contributed by atoms with Crippen molar-refractivity contribution in [3.05, 3.63) is 40.6 Å². The third-order valence-corrected chi connectivity index (χ3v) is 2.45. The molecule has 0 amide bonds. The zero-order valence-electron chi connectivity index (χ0n) is 9.75. The Hall–Kier alpha value is -1.76. The Labute approximate surface area is 111 Å². The van der Waals surface area contributed by atoms with Gasteiger partial charge in [0.25, 0.3) is 0 Å². The summed E-state index contributed by atoms with van der Waals surface area (Å²) < 4.78 is 42.9. The first-order valence-corrected chi connectivity index (χ1v) is 5.63. The summed E-state index contributed by atoms with van der Waals surface area (Å²) in [7, 11) is 0. The van der Waals surface area contributed by atoms with Gasteiger partial charge in [0.1, 0.15) is 0 Å². The fraction of sp³-hybridized carbons (Fsp3) is 0.273. The quantitative estimate of drug-likeness (QED) is 0.937. The summed E-state index contributed by atoms with van der Waals surface area (Å²) in [5.41, 5.74) is -0.583. The average molecular weight is 292 g/mol. The van der Waals surface area contributed by atoms with E-state index in [2.05, 4.69) is 15.5 Å². The predicted molar refractivity (Wildman–Crippen MR) is 62.8 cm³/mol. The van der Waals surface area contributed by atoms with Crippen molar-refractivity contribution in [3.63, 3.8) is 0 Å². The van der Waals surface area contributed by atoms with Crippen molar-refractivity contribution in [2.24, 2.45) is 0 Å². The number of halogens is 4. The van der Waals surface area contributed by atoms with Gasteiger partial charge in [-0.25, -0.2) is 0 Å². The molecule has 0 atom stereocenters. The van der Waals surface area contributed by atoms with Crippen LogP contribution in [0.2, 0.25) is 5.02 Å². The SMILES string of the molecule is Cc1nnc(CNc2cc(Cl)cc(C(F)(F)F)c2)o1. The van der Waals surface area contributed by atoms with Gasteiger partial charge < -0.3 is 9.73 Å². The Morgan fingerprint density at radius 2 is 2.00 bits per heavy atom. The second-order valence-corrected chi connectivity index (χ2v) is 4.23. The minimum absolute atomic E-state index is 0.000894. The van der Waals surface area contributed by atoms with E-state index in [-0.39, 0.29) is 23.1 Å². The van der Waals surface area contributed by atoms with E-state index in [1.165, 1.54) is 6.07 Å². The summed E-state index contributed by atoms with van der Waals surface area (Å²) >= 11 is 5.65. The van der Waals surface area contributed by atoms with E-state index in [0.29, 0.717) is 5.89 Å². The molecule has 8 heteroatoms. The number of benzene rings is 1. The van der Waals surface area contributed by atoms with Crippen LogP contribution in [0.4, 0.5) is 18.9 Å². The van der Waals surface area contributed by atoms with Crippen LogP contribution in [0.15, 0.2) is 22.6 Å². The maximum atomic E-state index is 12.6.